The summed E-state index contributed by atoms with van der Waals surface area (Å²) in [5.41, 5.74) is 6.79. The van der Waals surface area contributed by atoms with Gasteiger partial charge in [-0.1, -0.05) is 0 Å². The fourth-order valence-corrected chi connectivity index (χ4v) is 3.26. The average molecular weight is 264 g/mol. The van der Waals surface area contributed by atoms with Crippen molar-refractivity contribution in [1.29, 1.82) is 0 Å². The van der Waals surface area contributed by atoms with Gasteiger partial charge in [-0.15, -0.1) is 0 Å². The molecule has 0 radical (unpaired) electrons. The molecule has 1 aromatic heterocycles. The van der Waals surface area contributed by atoms with Crippen molar-refractivity contribution >= 4 is 5.82 Å². The number of nitrogens with zero attached hydrogens (tertiary/aromatic N) is 1. The SMILES string of the molecule is Cc1ccnc(N)c1C1(O)CCC2(CC1)OCCO2. The first-order chi connectivity index (χ1) is 9.05. The van der Waals surface area contributed by atoms with Crippen LogP contribution in [0.1, 0.15) is 36.8 Å². The van der Waals surface area contributed by atoms with Crippen molar-refractivity contribution in [3.8, 4) is 0 Å². The molecule has 0 aromatic carbocycles. The Morgan fingerprint density at radius 3 is 2.42 bits per heavy atom. The zero-order chi connectivity index (χ0) is 13.5. The zero-order valence-electron chi connectivity index (χ0n) is 11.2. The van der Waals surface area contributed by atoms with Crippen molar-refractivity contribution in [2.45, 2.75) is 44.0 Å². The van der Waals surface area contributed by atoms with E-state index < -0.39 is 11.4 Å². The molecule has 3 rings (SSSR count). The molecule has 1 aromatic rings. The summed E-state index contributed by atoms with van der Waals surface area (Å²) in [5.74, 6) is -0.0522. The Balaban J connectivity index is 1.85. The minimum absolute atomic E-state index is 0.423. The van der Waals surface area contributed by atoms with Gasteiger partial charge in [0.25, 0.3) is 0 Å². The van der Waals surface area contributed by atoms with E-state index in [2.05, 4.69) is 4.98 Å². The Bertz CT molecular complexity index is 453. The van der Waals surface area contributed by atoms with Crippen LogP contribution in [-0.4, -0.2) is 29.1 Å². The third-order valence-electron chi connectivity index (χ3n) is 4.31. The molecule has 0 amide bonds. The van der Waals surface area contributed by atoms with Crippen LogP contribution >= 0.6 is 0 Å². The van der Waals surface area contributed by atoms with Crippen LogP contribution in [0.3, 0.4) is 0 Å². The van der Waals surface area contributed by atoms with Gasteiger partial charge < -0.3 is 20.3 Å². The van der Waals surface area contributed by atoms with Crippen molar-refractivity contribution in [3.63, 3.8) is 0 Å². The normalized spacial score (nSPS) is 24.7. The molecule has 2 fully saturated rings. The maximum absolute atomic E-state index is 10.9. The zero-order valence-corrected chi connectivity index (χ0v) is 11.2. The fraction of sp³-hybridized carbons (Fsp3) is 0.643. The molecule has 1 aliphatic heterocycles. The number of aliphatic hydroxyl groups is 1. The molecule has 1 saturated heterocycles. The van der Waals surface area contributed by atoms with Gasteiger partial charge in [0.15, 0.2) is 5.79 Å². The predicted octanol–water partition coefficient (Wildman–Crippen LogP) is 1.48. The van der Waals surface area contributed by atoms with Crippen molar-refractivity contribution in [1.82, 2.24) is 4.98 Å². The first-order valence-corrected chi connectivity index (χ1v) is 6.77. The highest BCUT2D eigenvalue weighted by Gasteiger charge is 2.47. The van der Waals surface area contributed by atoms with Gasteiger partial charge in [0.05, 0.1) is 18.8 Å². The van der Waals surface area contributed by atoms with Gasteiger partial charge >= 0.3 is 0 Å². The van der Waals surface area contributed by atoms with Gasteiger partial charge in [0.2, 0.25) is 0 Å². The van der Waals surface area contributed by atoms with Crippen LogP contribution < -0.4 is 5.73 Å². The third kappa shape index (κ3) is 2.12. The van der Waals surface area contributed by atoms with E-state index in [4.69, 9.17) is 15.2 Å². The Morgan fingerprint density at radius 1 is 1.21 bits per heavy atom. The minimum Gasteiger partial charge on any atom is -0.385 e. The van der Waals surface area contributed by atoms with Crippen LogP contribution in [-0.2, 0) is 15.1 Å². The molecule has 1 aliphatic carbocycles. The quantitative estimate of drug-likeness (QED) is 0.803. The third-order valence-corrected chi connectivity index (χ3v) is 4.31. The molecule has 0 bridgehead atoms. The van der Waals surface area contributed by atoms with Gasteiger partial charge in [-0.25, -0.2) is 4.98 Å². The number of rotatable bonds is 1. The molecule has 0 unspecified atom stereocenters. The minimum atomic E-state index is -0.914. The Kier molecular flexibility index (Phi) is 3.00. The van der Waals surface area contributed by atoms with Crippen molar-refractivity contribution in [2.75, 3.05) is 18.9 Å². The van der Waals surface area contributed by atoms with Crippen molar-refractivity contribution in [3.05, 3.63) is 23.4 Å². The Labute approximate surface area is 112 Å². The van der Waals surface area contributed by atoms with E-state index in [1.54, 1.807) is 6.20 Å². The van der Waals surface area contributed by atoms with Gasteiger partial charge in [-0.2, -0.15) is 0 Å². The number of anilines is 1. The van der Waals surface area contributed by atoms with Crippen molar-refractivity contribution < 1.29 is 14.6 Å². The second kappa shape index (κ2) is 4.44. The number of nitrogens with two attached hydrogens (primary N) is 1. The fourth-order valence-electron chi connectivity index (χ4n) is 3.26. The van der Waals surface area contributed by atoms with Crippen LogP contribution in [0.25, 0.3) is 0 Å². The second-order valence-electron chi connectivity index (χ2n) is 5.53. The largest absolute Gasteiger partial charge is 0.385 e. The second-order valence-corrected chi connectivity index (χ2v) is 5.53. The molecule has 104 valence electrons. The van der Waals surface area contributed by atoms with Crippen LogP contribution in [0.15, 0.2) is 12.3 Å². The lowest BCUT2D eigenvalue weighted by atomic mass is 9.76. The predicted molar refractivity (Wildman–Crippen MR) is 70.4 cm³/mol. The van der Waals surface area contributed by atoms with E-state index in [0.29, 0.717) is 44.7 Å². The summed E-state index contributed by atoms with van der Waals surface area (Å²) in [7, 11) is 0. The highest BCUT2D eigenvalue weighted by molar-refractivity contribution is 5.48. The monoisotopic (exact) mass is 264 g/mol. The first-order valence-electron chi connectivity index (χ1n) is 6.77. The number of nitrogen functional groups attached to an aromatic ring is 1. The summed E-state index contributed by atoms with van der Waals surface area (Å²) in [6.45, 7) is 3.25. The summed E-state index contributed by atoms with van der Waals surface area (Å²) in [6, 6.07) is 1.89. The molecule has 19 heavy (non-hydrogen) atoms. The highest BCUT2D eigenvalue weighted by atomic mass is 16.7. The van der Waals surface area contributed by atoms with Gasteiger partial charge in [-0.3, -0.25) is 0 Å². The summed E-state index contributed by atoms with van der Waals surface area (Å²) in [5, 5.41) is 10.9. The molecule has 5 heteroatoms. The van der Waals surface area contributed by atoms with Gasteiger partial charge in [0.1, 0.15) is 5.82 Å². The van der Waals surface area contributed by atoms with E-state index in [9.17, 15) is 5.11 Å². The first kappa shape index (κ1) is 12.8. The maximum Gasteiger partial charge on any atom is 0.168 e. The van der Waals surface area contributed by atoms with Crippen LogP contribution in [0, 0.1) is 6.92 Å². The highest BCUT2D eigenvalue weighted by Crippen LogP contribution is 2.46. The molecule has 1 spiro atoms. The molecule has 3 N–H and O–H groups in total. The standard InChI is InChI=1S/C14H20N2O3/c1-10-2-7-16-12(15)11(10)13(17)3-5-14(6-4-13)18-8-9-19-14/h2,7,17H,3-6,8-9H2,1H3,(H2,15,16). The number of aromatic nitrogens is 1. The Hall–Kier alpha value is -1.17. The lowest BCUT2D eigenvalue weighted by Crippen LogP contribution is -2.42. The lowest BCUT2D eigenvalue weighted by molar-refractivity contribution is -0.204. The van der Waals surface area contributed by atoms with E-state index in [-0.39, 0.29) is 0 Å². The van der Waals surface area contributed by atoms with Crippen LogP contribution in [0.4, 0.5) is 5.82 Å². The summed E-state index contributed by atoms with van der Waals surface area (Å²) in [6.07, 6.45) is 4.23. The van der Waals surface area contributed by atoms with Gasteiger partial charge in [-0.05, 0) is 31.4 Å². The number of pyridine rings is 1. The van der Waals surface area contributed by atoms with Gasteiger partial charge in [0, 0.05) is 24.6 Å². The number of aryl methyl sites for hydroxylation is 1. The molecule has 5 nitrogen and oxygen atoms in total. The van der Waals surface area contributed by atoms with Crippen molar-refractivity contribution in [2.24, 2.45) is 0 Å². The molecule has 0 atom stereocenters. The molecular weight excluding hydrogens is 244 g/mol. The summed E-state index contributed by atoms with van der Waals surface area (Å²) < 4.78 is 11.4. The molecule has 2 aliphatic rings. The van der Waals surface area contributed by atoms with E-state index in [1.807, 2.05) is 13.0 Å². The molecule has 1 saturated carbocycles. The maximum atomic E-state index is 10.9. The molecule has 2 heterocycles. The number of ether oxygens (including phenoxy) is 2. The van der Waals surface area contributed by atoms with Crippen LogP contribution in [0.5, 0.6) is 0 Å². The topological polar surface area (TPSA) is 77.6 Å². The summed E-state index contributed by atoms with van der Waals surface area (Å²) in [4.78, 5) is 4.10. The van der Waals surface area contributed by atoms with E-state index >= 15 is 0 Å². The van der Waals surface area contributed by atoms with Crippen LogP contribution in [0.2, 0.25) is 0 Å². The summed E-state index contributed by atoms with van der Waals surface area (Å²) >= 11 is 0. The van der Waals surface area contributed by atoms with E-state index in [1.165, 1.54) is 0 Å². The molecular formula is C14H20N2O3. The Morgan fingerprint density at radius 2 is 1.84 bits per heavy atom. The number of hydrogen-bond donors (Lipinski definition) is 2. The number of hydrogen-bond acceptors (Lipinski definition) is 5. The average Bonchev–Trinajstić information content (AvgIpc) is 2.82. The van der Waals surface area contributed by atoms with E-state index in [0.717, 1.165) is 11.1 Å². The lowest BCUT2D eigenvalue weighted by Gasteiger charge is -2.41. The smallest absolute Gasteiger partial charge is 0.168 e.